The lowest BCUT2D eigenvalue weighted by Crippen LogP contribution is -2.48. The normalized spacial score (nSPS) is 22.6. The van der Waals surface area contributed by atoms with Crippen LogP contribution in [0.25, 0.3) is 0 Å². The predicted octanol–water partition coefficient (Wildman–Crippen LogP) is 1.59. The van der Waals surface area contributed by atoms with Crippen LogP contribution in [0.4, 0.5) is 0 Å². The van der Waals surface area contributed by atoms with E-state index < -0.39 is 10.0 Å². The molecule has 8 heteroatoms. The Kier molecular flexibility index (Phi) is 7.39. The van der Waals surface area contributed by atoms with Gasteiger partial charge in [-0.3, -0.25) is 4.79 Å². The van der Waals surface area contributed by atoms with E-state index in [1.807, 2.05) is 13.8 Å². The predicted molar refractivity (Wildman–Crippen MR) is 105 cm³/mol. The van der Waals surface area contributed by atoms with Crippen molar-refractivity contribution in [3.63, 3.8) is 0 Å². The molecule has 1 aliphatic rings. The molecule has 7 nitrogen and oxygen atoms in total. The molecule has 0 aliphatic carbocycles. The van der Waals surface area contributed by atoms with Crippen molar-refractivity contribution in [3.8, 4) is 0 Å². The van der Waals surface area contributed by atoms with Crippen LogP contribution in [0.15, 0.2) is 29.2 Å². The molecule has 1 heterocycles. The molecular formula is C19H31N3O4S. The van der Waals surface area contributed by atoms with E-state index in [1.165, 1.54) is 16.4 Å². The molecule has 152 valence electrons. The number of hydrogen-bond acceptors (Lipinski definition) is 5. The summed E-state index contributed by atoms with van der Waals surface area (Å²) in [5.74, 6) is 0.0859. The van der Waals surface area contributed by atoms with E-state index in [9.17, 15) is 13.2 Å². The second-order valence-corrected chi connectivity index (χ2v) is 9.58. The van der Waals surface area contributed by atoms with Crippen LogP contribution < -0.4 is 11.1 Å². The first-order chi connectivity index (χ1) is 12.6. The van der Waals surface area contributed by atoms with Crippen LogP contribution in [-0.4, -0.2) is 56.5 Å². The zero-order chi connectivity index (χ0) is 20.2. The van der Waals surface area contributed by atoms with Crippen LogP contribution in [-0.2, 0) is 14.8 Å². The lowest BCUT2D eigenvalue weighted by Gasteiger charge is -2.34. The van der Waals surface area contributed by atoms with Gasteiger partial charge in [0.25, 0.3) is 5.91 Å². The maximum Gasteiger partial charge on any atom is 0.251 e. The highest BCUT2D eigenvalue weighted by atomic mass is 32.2. The van der Waals surface area contributed by atoms with Crippen LogP contribution in [0.3, 0.4) is 0 Å². The molecular weight excluding hydrogens is 366 g/mol. The zero-order valence-corrected chi connectivity index (χ0v) is 17.3. The molecule has 1 fully saturated rings. The topological polar surface area (TPSA) is 102 Å². The van der Waals surface area contributed by atoms with Gasteiger partial charge in [-0.05, 0) is 44.4 Å². The number of benzene rings is 1. The largest absolute Gasteiger partial charge is 0.373 e. The Hall–Kier alpha value is -1.48. The fraction of sp³-hybridized carbons (Fsp3) is 0.632. The summed E-state index contributed by atoms with van der Waals surface area (Å²) < 4.78 is 33.0. The molecule has 1 saturated heterocycles. The number of amides is 1. The third-order valence-electron chi connectivity index (χ3n) is 4.50. The number of rotatable bonds is 7. The first-order valence-corrected chi connectivity index (χ1v) is 10.8. The van der Waals surface area contributed by atoms with Crippen molar-refractivity contribution in [1.29, 1.82) is 0 Å². The van der Waals surface area contributed by atoms with Crippen molar-refractivity contribution in [2.45, 2.75) is 57.3 Å². The highest BCUT2D eigenvalue weighted by molar-refractivity contribution is 7.89. The van der Waals surface area contributed by atoms with Gasteiger partial charge in [-0.1, -0.05) is 19.9 Å². The van der Waals surface area contributed by atoms with Gasteiger partial charge in [-0.25, -0.2) is 8.42 Å². The van der Waals surface area contributed by atoms with Gasteiger partial charge in [-0.15, -0.1) is 0 Å². The molecule has 0 saturated carbocycles. The van der Waals surface area contributed by atoms with Gasteiger partial charge in [0, 0.05) is 31.2 Å². The minimum Gasteiger partial charge on any atom is -0.373 e. The second kappa shape index (κ2) is 9.14. The van der Waals surface area contributed by atoms with E-state index in [2.05, 4.69) is 19.2 Å². The third-order valence-corrected chi connectivity index (χ3v) is 6.32. The monoisotopic (exact) mass is 397 g/mol. The Morgan fingerprint density at radius 1 is 1.30 bits per heavy atom. The molecule has 3 unspecified atom stereocenters. The third kappa shape index (κ3) is 5.75. The minimum atomic E-state index is -3.69. The van der Waals surface area contributed by atoms with Crippen LogP contribution >= 0.6 is 0 Å². The van der Waals surface area contributed by atoms with Crippen molar-refractivity contribution < 1.29 is 17.9 Å². The van der Waals surface area contributed by atoms with Gasteiger partial charge in [-0.2, -0.15) is 4.31 Å². The molecule has 3 atom stereocenters. The first-order valence-electron chi connectivity index (χ1n) is 9.40. The van der Waals surface area contributed by atoms with Gasteiger partial charge in [0.2, 0.25) is 10.0 Å². The molecule has 0 radical (unpaired) electrons. The molecule has 1 amide bonds. The van der Waals surface area contributed by atoms with Gasteiger partial charge in [0.15, 0.2) is 0 Å². The second-order valence-electron chi connectivity index (χ2n) is 7.64. The highest BCUT2D eigenvalue weighted by Crippen LogP contribution is 2.22. The average Bonchev–Trinajstić information content (AvgIpc) is 2.60. The Morgan fingerprint density at radius 2 is 1.93 bits per heavy atom. The van der Waals surface area contributed by atoms with E-state index in [4.69, 9.17) is 10.5 Å². The molecule has 1 aliphatic heterocycles. The van der Waals surface area contributed by atoms with Crippen LogP contribution in [0.1, 0.15) is 44.5 Å². The van der Waals surface area contributed by atoms with Crippen molar-refractivity contribution in [2.75, 3.05) is 19.6 Å². The number of nitrogens with zero attached hydrogens (tertiary/aromatic N) is 1. The first kappa shape index (κ1) is 21.8. The summed E-state index contributed by atoms with van der Waals surface area (Å²) in [6.07, 6.45) is 0.428. The minimum absolute atomic E-state index is 0.115. The molecule has 1 aromatic carbocycles. The van der Waals surface area contributed by atoms with Gasteiger partial charge < -0.3 is 15.8 Å². The van der Waals surface area contributed by atoms with Crippen LogP contribution in [0, 0.1) is 5.92 Å². The molecule has 2 rings (SSSR count). The van der Waals surface area contributed by atoms with E-state index in [0.717, 1.165) is 6.42 Å². The summed E-state index contributed by atoms with van der Waals surface area (Å²) in [7, 11) is -3.69. The molecule has 1 aromatic rings. The van der Waals surface area contributed by atoms with Gasteiger partial charge in [0.05, 0.1) is 17.1 Å². The molecule has 3 N–H and O–H groups in total. The number of nitrogens with one attached hydrogen (secondary N) is 1. The highest BCUT2D eigenvalue weighted by Gasteiger charge is 2.32. The van der Waals surface area contributed by atoms with Crippen molar-refractivity contribution >= 4 is 15.9 Å². The molecule has 27 heavy (non-hydrogen) atoms. The lowest BCUT2D eigenvalue weighted by molar-refractivity contribution is -0.0440. The number of sulfonamides is 1. The standard InChI is InChI=1S/C19H31N3O4S/c1-13(2)8-17(10-20)21-19(23)16-6-5-7-18(9-16)27(24,25)22-11-14(3)26-15(4)12-22/h5-7,9,13-15,17H,8,10-12,20H2,1-4H3,(H,21,23). The molecule has 0 aromatic heterocycles. The number of carbonyl (C=O) groups excluding carboxylic acids is 1. The van der Waals surface area contributed by atoms with E-state index in [0.29, 0.717) is 31.1 Å². The summed E-state index contributed by atoms with van der Waals surface area (Å²) in [4.78, 5) is 12.7. The smallest absolute Gasteiger partial charge is 0.251 e. The van der Waals surface area contributed by atoms with Gasteiger partial charge >= 0.3 is 0 Å². The fourth-order valence-corrected chi connectivity index (χ4v) is 4.96. The number of carbonyl (C=O) groups is 1. The van der Waals surface area contributed by atoms with E-state index >= 15 is 0 Å². The summed E-state index contributed by atoms with van der Waals surface area (Å²) in [5.41, 5.74) is 6.05. The average molecular weight is 398 g/mol. The fourth-order valence-electron chi connectivity index (χ4n) is 3.33. The number of hydrogen-bond donors (Lipinski definition) is 2. The molecule has 0 spiro atoms. The van der Waals surface area contributed by atoms with Crippen LogP contribution in [0.5, 0.6) is 0 Å². The summed E-state index contributed by atoms with van der Waals surface area (Å²) >= 11 is 0. The Morgan fingerprint density at radius 3 is 2.48 bits per heavy atom. The Balaban J connectivity index is 2.19. The quantitative estimate of drug-likeness (QED) is 0.727. The molecule has 0 bridgehead atoms. The maximum atomic E-state index is 13.0. The Bertz CT molecular complexity index is 741. The number of ether oxygens (including phenoxy) is 1. The summed E-state index contributed by atoms with van der Waals surface area (Å²) in [5, 5.41) is 2.89. The van der Waals surface area contributed by atoms with Gasteiger partial charge in [0.1, 0.15) is 0 Å². The van der Waals surface area contributed by atoms with Crippen molar-refractivity contribution in [2.24, 2.45) is 11.7 Å². The van der Waals surface area contributed by atoms with Crippen molar-refractivity contribution in [1.82, 2.24) is 9.62 Å². The van der Waals surface area contributed by atoms with Crippen molar-refractivity contribution in [3.05, 3.63) is 29.8 Å². The van der Waals surface area contributed by atoms with E-state index in [1.54, 1.807) is 12.1 Å². The SMILES string of the molecule is CC(C)CC(CN)NC(=O)c1cccc(S(=O)(=O)N2CC(C)OC(C)C2)c1. The van der Waals surface area contributed by atoms with Crippen LogP contribution in [0.2, 0.25) is 0 Å². The Labute approximate surface area is 162 Å². The summed E-state index contributed by atoms with van der Waals surface area (Å²) in [6, 6.07) is 6.01. The maximum absolute atomic E-state index is 13.0. The lowest BCUT2D eigenvalue weighted by atomic mass is 10.0. The summed E-state index contributed by atoms with van der Waals surface area (Å²) in [6.45, 7) is 8.76. The number of morpholine rings is 1. The number of nitrogens with two attached hydrogens (primary N) is 1. The van der Waals surface area contributed by atoms with E-state index in [-0.39, 0.29) is 29.1 Å². The zero-order valence-electron chi connectivity index (χ0n) is 16.5.